The molecule has 3 heteroatoms. The number of rotatable bonds is 3. The van der Waals surface area contributed by atoms with Crippen molar-refractivity contribution < 1.29 is 0 Å². The summed E-state index contributed by atoms with van der Waals surface area (Å²) in [4.78, 5) is 0. The van der Waals surface area contributed by atoms with Crippen LogP contribution in [0.3, 0.4) is 0 Å². The van der Waals surface area contributed by atoms with Crippen molar-refractivity contribution in [2.75, 3.05) is 0 Å². The van der Waals surface area contributed by atoms with E-state index in [-0.39, 0.29) is 0 Å². The number of nitrogens with zero attached hydrogens (tertiary/aromatic N) is 2. The van der Waals surface area contributed by atoms with E-state index < -0.39 is 0 Å². The second-order valence-electron chi connectivity index (χ2n) is 7.12. The smallest absolute Gasteiger partial charge is 0.0932 e. The molecule has 1 aliphatic rings. The van der Waals surface area contributed by atoms with E-state index >= 15 is 0 Å². The lowest BCUT2D eigenvalue weighted by atomic mass is 9.94. The van der Waals surface area contributed by atoms with E-state index in [4.69, 9.17) is 11.6 Å². The van der Waals surface area contributed by atoms with Crippen molar-refractivity contribution in [3.8, 4) is 0 Å². The number of benzene rings is 3. The third-order valence-corrected chi connectivity index (χ3v) is 5.15. The molecule has 3 aromatic rings. The minimum absolute atomic E-state index is 0.712. The molecule has 1 aliphatic heterocycles. The second-order valence-corrected chi connectivity index (χ2v) is 7.55. The van der Waals surface area contributed by atoms with Gasteiger partial charge in [0.15, 0.2) is 0 Å². The third kappa shape index (κ3) is 4.13. The van der Waals surface area contributed by atoms with Gasteiger partial charge in [0.1, 0.15) is 0 Å². The van der Waals surface area contributed by atoms with Gasteiger partial charge in [-0.05, 0) is 48.8 Å². The minimum atomic E-state index is 0.712. The second kappa shape index (κ2) is 7.95. The zero-order chi connectivity index (χ0) is 19.5. The van der Waals surface area contributed by atoms with E-state index in [9.17, 15) is 0 Å². The quantitative estimate of drug-likeness (QED) is 0.483. The van der Waals surface area contributed by atoms with Crippen LogP contribution in [0, 0.1) is 13.8 Å². The van der Waals surface area contributed by atoms with Crippen molar-refractivity contribution >= 4 is 28.6 Å². The van der Waals surface area contributed by atoms with Gasteiger partial charge in [0.2, 0.25) is 0 Å². The summed E-state index contributed by atoms with van der Waals surface area (Å²) in [5.41, 5.74) is 8.75. The Kier molecular flexibility index (Phi) is 5.23. The summed E-state index contributed by atoms with van der Waals surface area (Å²) in [7, 11) is 0. The highest BCUT2D eigenvalue weighted by atomic mass is 35.5. The van der Waals surface area contributed by atoms with E-state index in [2.05, 4.69) is 90.8 Å². The zero-order valence-electron chi connectivity index (χ0n) is 16.0. The van der Waals surface area contributed by atoms with E-state index in [0.717, 1.165) is 33.1 Å². The van der Waals surface area contributed by atoms with Crippen LogP contribution in [-0.4, -0.2) is 11.4 Å². The summed E-state index contributed by atoms with van der Waals surface area (Å²) < 4.78 is 0. The van der Waals surface area contributed by atoms with Crippen LogP contribution in [0.2, 0.25) is 5.02 Å². The molecular weight excluding hydrogens is 364 g/mol. The van der Waals surface area contributed by atoms with Crippen LogP contribution in [0.15, 0.2) is 89.1 Å². The van der Waals surface area contributed by atoms with Gasteiger partial charge in [-0.25, -0.2) is 0 Å². The molecule has 0 atom stereocenters. The molecule has 0 saturated carbocycles. The fraction of sp³-hybridized carbons (Fsp3) is 0.120. The van der Waals surface area contributed by atoms with Gasteiger partial charge in [0, 0.05) is 17.0 Å². The molecule has 0 unspecified atom stereocenters. The van der Waals surface area contributed by atoms with Crippen molar-refractivity contribution in [1.82, 2.24) is 0 Å². The van der Waals surface area contributed by atoms with Crippen molar-refractivity contribution in [2.24, 2.45) is 10.2 Å². The first kappa shape index (κ1) is 18.4. The molecule has 4 rings (SSSR count). The highest BCUT2D eigenvalue weighted by molar-refractivity contribution is 6.30. The first-order valence-electron chi connectivity index (χ1n) is 9.33. The molecule has 0 radical (unpaired) electrons. The van der Waals surface area contributed by atoms with Crippen LogP contribution >= 0.6 is 11.6 Å². The predicted molar refractivity (Wildman–Crippen MR) is 119 cm³/mol. The molecule has 0 saturated heterocycles. The Morgan fingerprint density at radius 2 is 1.18 bits per heavy atom. The molecule has 0 fully saturated rings. The van der Waals surface area contributed by atoms with Crippen LogP contribution in [0.4, 0.5) is 0 Å². The van der Waals surface area contributed by atoms with Crippen LogP contribution in [0.25, 0.3) is 5.57 Å². The minimum Gasteiger partial charge on any atom is -0.154 e. The van der Waals surface area contributed by atoms with Crippen molar-refractivity contribution in [3.05, 3.63) is 112 Å². The summed E-state index contributed by atoms with van der Waals surface area (Å²) in [6.07, 6.45) is 2.85. The molecule has 28 heavy (non-hydrogen) atoms. The summed E-state index contributed by atoms with van der Waals surface area (Å²) >= 11 is 6.09. The van der Waals surface area contributed by atoms with Crippen molar-refractivity contribution in [1.29, 1.82) is 0 Å². The highest BCUT2D eigenvalue weighted by Gasteiger charge is 2.15. The normalized spacial score (nSPS) is 14.0. The monoisotopic (exact) mass is 384 g/mol. The fourth-order valence-electron chi connectivity index (χ4n) is 3.20. The van der Waals surface area contributed by atoms with Gasteiger partial charge in [0.05, 0.1) is 11.4 Å². The Balaban J connectivity index is 1.80. The molecule has 0 bridgehead atoms. The predicted octanol–water partition coefficient (Wildman–Crippen LogP) is 6.64. The highest BCUT2D eigenvalue weighted by Crippen LogP contribution is 2.26. The lowest BCUT2D eigenvalue weighted by molar-refractivity contribution is 1.22. The van der Waals surface area contributed by atoms with Gasteiger partial charge >= 0.3 is 0 Å². The lowest BCUT2D eigenvalue weighted by Crippen LogP contribution is -2.02. The maximum absolute atomic E-state index is 6.09. The van der Waals surface area contributed by atoms with Crippen LogP contribution in [0.1, 0.15) is 34.2 Å². The van der Waals surface area contributed by atoms with Crippen LogP contribution in [0.5, 0.6) is 0 Å². The van der Waals surface area contributed by atoms with E-state index in [1.807, 2.05) is 12.1 Å². The van der Waals surface area contributed by atoms with Gasteiger partial charge in [-0.1, -0.05) is 83.4 Å². The maximum Gasteiger partial charge on any atom is 0.0932 e. The Bertz CT molecular complexity index is 1070. The van der Waals surface area contributed by atoms with Gasteiger partial charge < -0.3 is 0 Å². The molecular formula is C25H21ClN2. The fourth-order valence-corrected chi connectivity index (χ4v) is 3.32. The lowest BCUT2D eigenvalue weighted by Gasteiger charge is -2.09. The molecule has 138 valence electrons. The third-order valence-electron chi connectivity index (χ3n) is 4.89. The Morgan fingerprint density at radius 1 is 0.643 bits per heavy atom. The van der Waals surface area contributed by atoms with Crippen LogP contribution in [-0.2, 0) is 0 Å². The zero-order valence-corrected chi connectivity index (χ0v) is 16.7. The molecule has 2 nitrogen and oxygen atoms in total. The van der Waals surface area contributed by atoms with E-state index in [1.165, 1.54) is 16.7 Å². The van der Waals surface area contributed by atoms with Gasteiger partial charge in [-0.3, -0.25) is 0 Å². The van der Waals surface area contributed by atoms with Crippen LogP contribution < -0.4 is 0 Å². The van der Waals surface area contributed by atoms with Gasteiger partial charge in [-0.15, -0.1) is 0 Å². The molecule has 0 aliphatic carbocycles. The molecule has 1 heterocycles. The standard InChI is InChI=1S/C25H21ClN2/c1-17-3-7-20(8-4-17)24-15-22(19-11-13-23(26)14-12-19)16-25(28-27-24)21-9-5-18(2)6-10-21/h3-15H,16H2,1-2H3. The molecule has 3 aromatic carbocycles. The topological polar surface area (TPSA) is 24.7 Å². The Morgan fingerprint density at radius 3 is 1.79 bits per heavy atom. The maximum atomic E-state index is 6.09. The van der Waals surface area contributed by atoms with Crippen molar-refractivity contribution in [2.45, 2.75) is 20.3 Å². The number of hydrogen-bond acceptors (Lipinski definition) is 2. The number of allylic oxidation sites excluding steroid dienone is 2. The Hall–Kier alpha value is -2.97. The summed E-state index contributed by atoms with van der Waals surface area (Å²) in [5, 5.41) is 9.96. The van der Waals surface area contributed by atoms with E-state index in [1.54, 1.807) is 0 Å². The summed E-state index contributed by atoms with van der Waals surface area (Å²) in [6, 6.07) is 24.8. The summed E-state index contributed by atoms with van der Waals surface area (Å²) in [6.45, 7) is 4.17. The van der Waals surface area contributed by atoms with Gasteiger partial charge in [0.25, 0.3) is 0 Å². The first-order chi connectivity index (χ1) is 13.6. The molecule has 0 aromatic heterocycles. The SMILES string of the molecule is Cc1ccc(C2=NN=C(c3ccc(C)cc3)CC(c3ccc(Cl)cc3)=C2)cc1. The average molecular weight is 385 g/mol. The number of aryl methyl sites for hydroxylation is 2. The van der Waals surface area contributed by atoms with E-state index in [0.29, 0.717) is 6.42 Å². The molecule has 0 amide bonds. The van der Waals surface area contributed by atoms with Gasteiger partial charge in [-0.2, -0.15) is 10.2 Å². The molecule has 0 spiro atoms. The largest absolute Gasteiger partial charge is 0.154 e. The first-order valence-corrected chi connectivity index (χ1v) is 9.71. The van der Waals surface area contributed by atoms with Crippen molar-refractivity contribution in [3.63, 3.8) is 0 Å². The Labute approximate surface area is 170 Å². The summed E-state index contributed by atoms with van der Waals surface area (Å²) in [5.74, 6) is 0. The number of halogens is 1. The average Bonchev–Trinajstić information content (AvgIpc) is 2.93. The number of hydrogen-bond donors (Lipinski definition) is 0. The molecule has 0 N–H and O–H groups in total.